The van der Waals surface area contributed by atoms with Crippen LogP contribution in [0.1, 0.15) is 32.8 Å². The molecule has 1 aromatic carbocycles. The first-order valence-corrected chi connectivity index (χ1v) is 6.47. The van der Waals surface area contributed by atoms with Gasteiger partial charge in [0.15, 0.2) is 0 Å². The molecule has 1 aromatic rings. The van der Waals surface area contributed by atoms with Crippen LogP contribution in [0.25, 0.3) is 0 Å². The fourth-order valence-electron chi connectivity index (χ4n) is 1.73. The van der Waals surface area contributed by atoms with Crippen LogP contribution >= 0.6 is 0 Å². The largest absolute Gasteiger partial charge is 0.327 e. The lowest BCUT2D eigenvalue weighted by Crippen LogP contribution is -2.38. The molecule has 0 spiro atoms. The Kier molecular flexibility index (Phi) is 5.66. The van der Waals surface area contributed by atoms with E-state index < -0.39 is 0 Å². The Hall–Kier alpha value is -0.860. The molecule has 17 heavy (non-hydrogen) atoms. The van der Waals surface area contributed by atoms with Crippen LogP contribution in [0.2, 0.25) is 0 Å². The third-order valence-electron chi connectivity index (χ3n) is 2.71. The maximum absolute atomic E-state index is 6.09. The standard InChI is InChI=1S/C15H26N2/c1-15(2,3)12-17-11-14(16)10-9-13-7-5-4-6-8-13/h4-8,14,17H,9-12,16H2,1-3H3. The van der Waals surface area contributed by atoms with Crippen molar-refractivity contribution in [2.75, 3.05) is 13.1 Å². The summed E-state index contributed by atoms with van der Waals surface area (Å²) in [5.74, 6) is 0. The molecule has 0 aromatic heterocycles. The second-order valence-corrected chi connectivity index (χ2v) is 5.98. The molecule has 1 rings (SSSR count). The Morgan fingerprint density at radius 2 is 1.82 bits per heavy atom. The summed E-state index contributed by atoms with van der Waals surface area (Å²) in [7, 11) is 0. The summed E-state index contributed by atoms with van der Waals surface area (Å²) in [4.78, 5) is 0. The predicted octanol–water partition coefficient (Wildman–Crippen LogP) is 2.58. The normalized spacial score (nSPS) is 13.6. The van der Waals surface area contributed by atoms with Crippen LogP contribution in [0, 0.1) is 5.41 Å². The smallest absolute Gasteiger partial charge is 0.0168 e. The third-order valence-corrected chi connectivity index (χ3v) is 2.71. The first kappa shape index (κ1) is 14.2. The van der Waals surface area contributed by atoms with Gasteiger partial charge in [-0.1, -0.05) is 51.1 Å². The predicted molar refractivity (Wildman–Crippen MR) is 75.1 cm³/mol. The second kappa shape index (κ2) is 6.77. The lowest BCUT2D eigenvalue weighted by molar-refractivity contribution is 0.370. The zero-order valence-electron chi connectivity index (χ0n) is 11.4. The van der Waals surface area contributed by atoms with Gasteiger partial charge in [0.2, 0.25) is 0 Å². The van der Waals surface area contributed by atoms with Gasteiger partial charge in [-0.25, -0.2) is 0 Å². The molecule has 0 aliphatic carbocycles. The second-order valence-electron chi connectivity index (χ2n) is 5.98. The first-order valence-electron chi connectivity index (χ1n) is 6.47. The van der Waals surface area contributed by atoms with Gasteiger partial charge in [-0.3, -0.25) is 0 Å². The zero-order valence-corrected chi connectivity index (χ0v) is 11.4. The van der Waals surface area contributed by atoms with Gasteiger partial charge in [0, 0.05) is 19.1 Å². The van der Waals surface area contributed by atoms with E-state index in [1.807, 2.05) is 6.07 Å². The van der Waals surface area contributed by atoms with Crippen LogP contribution < -0.4 is 11.1 Å². The lowest BCUT2D eigenvalue weighted by atomic mass is 9.97. The van der Waals surface area contributed by atoms with E-state index in [1.165, 1.54) is 5.56 Å². The Balaban J connectivity index is 2.15. The molecule has 0 aliphatic rings. The van der Waals surface area contributed by atoms with Crippen molar-refractivity contribution in [1.82, 2.24) is 5.32 Å². The maximum atomic E-state index is 6.09. The summed E-state index contributed by atoms with van der Waals surface area (Å²) in [6.45, 7) is 8.62. The lowest BCUT2D eigenvalue weighted by Gasteiger charge is -2.20. The van der Waals surface area contributed by atoms with Crippen LogP contribution in [0.3, 0.4) is 0 Å². The van der Waals surface area contributed by atoms with E-state index in [4.69, 9.17) is 5.73 Å². The average molecular weight is 234 g/mol. The van der Waals surface area contributed by atoms with Crippen molar-refractivity contribution >= 4 is 0 Å². The molecule has 0 amide bonds. The molecule has 2 nitrogen and oxygen atoms in total. The van der Waals surface area contributed by atoms with E-state index in [-0.39, 0.29) is 6.04 Å². The molecule has 1 atom stereocenters. The molecule has 3 N–H and O–H groups in total. The third kappa shape index (κ3) is 7.14. The van der Waals surface area contributed by atoms with Crippen LogP contribution in [-0.4, -0.2) is 19.1 Å². The van der Waals surface area contributed by atoms with E-state index in [1.54, 1.807) is 0 Å². The number of benzene rings is 1. The number of nitrogens with one attached hydrogen (secondary N) is 1. The van der Waals surface area contributed by atoms with E-state index in [0.29, 0.717) is 5.41 Å². The minimum Gasteiger partial charge on any atom is -0.327 e. The summed E-state index contributed by atoms with van der Waals surface area (Å²) in [5, 5.41) is 3.44. The summed E-state index contributed by atoms with van der Waals surface area (Å²) in [5.41, 5.74) is 7.79. The van der Waals surface area contributed by atoms with E-state index in [9.17, 15) is 0 Å². The highest BCUT2D eigenvalue weighted by atomic mass is 14.9. The van der Waals surface area contributed by atoms with Gasteiger partial charge in [-0.2, -0.15) is 0 Å². The van der Waals surface area contributed by atoms with Crippen molar-refractivity contribution in [3.8, 4) is 0 Å². The molecule has 96 valence electrons. The summed E-state index contributed by atoms with van der Waals surface area (Å²) in [6.07, 6.45) is 2.11. The summed E-state index contributed by atoms with van der Waals surface area (Å²) in [6, 6.07) is 10.8. The minimum absolute atomic E-state index is 0.248. The molecule has 2 heteroatoms. The van der Waals surface area contributed by atoms with Gasteiger partial charge < -0.3 is 11.1 Å². The van der Waals surface area contributed by atoms with Gasteiger partial charge in [0.05, 0.1) is 0 Å². The summed E-state index contributed by atoms with van der Waals surface area (Å²) < 4.78 is 0. The Morgan fingerprint density at radius 3 is 2.41 bits per heavy atom. The highest BCUT2D eigenvalue weighted by molar-refractivity contribution is 5.14. The van der Waals surface area contributed by atoms with Crippen molar-refractivity contribution < 1.29 is 0 Å². The highest BCUT2D eigenvalue weighted by Crippen LogP contribution is 2.10. The molecular formula is C15H26N2. The fourth-order valence-corrected chi connectivity index (χ4v) is 1.73. The van der Waals surface area contributed by atoms with Crippen LogP contribution in [0.5, 0.6) is 0 Å². The van der Waals surface area contributed by atoms with Crippen molar-refractivity contribution in [2.45, 2.75) is 39.7 Å². The maximum Gasteiger partial charge on any atom is 0.0168 e. The molecule has 0 aliphatic heterocycles. The average Bonchev–Trinajstić information content (AvgIpc) is 2.26. The van der Waals surface area contributed by atoms with Crippen LogP contribution in [0.4, 0.5) is 0 Å². The zero-order chi connectivity index (χ0) is 12.7. The van der Waals surface area contributed by atoms with E-state index in [2.05, 4.69) is 50.4 Å². The molecule has 1 unspecified atom stereocenters. The molecule has 0 saturated carbocycles. The van der Waals surface area contributed by atoms with Crippen molar-refractivity contribution in [2.24, 2.45) is 11.1 Å². The van der Waals surface area contributed by atoms with Crippen LogP contribution in [0.15, 0.2) is 30.3 Å². The quantitative estimate of drug-likeness (QED) is 0.794. The Morgan fingerprint density at radius 1 is 1.18 bits per heavy atom. The number of aryl methyl sites for hydroxylation is 1. The molecule has 0 fully saturated rings. The SMILES string of the molecule is CC(C)(C)CNCC(N)CCc1ccccc1. The number of hydrogen-bond donors (Lipinski definition) is 2. The molecule has 0 radical (unpaired) electrons. The van der Waals surface area contributed by atoms with Gasteiger partial charge in [-0.05, 0) is 23.8 Å². The van der Waals surface area contributed by atoms with Gasteiger partial charge >= 0.3 is 0 Å². The molecular weight excluding hydrogens is 208 g/mol. The first-order chi connectivity index (χ1) is 7.97. The topological polar surface area (TPSA) is 38.0 Å². The van der Waals surface area contributed by atoms with Gasteiger partial charge in [0.25, 0.3) is 0 Å². The summed E-state index contributed by atoms with van der Waals surface area (Å²) >= 11 is 0. The highest BCUT2D eigenvalue weighted by Gasteiger charge is 2.10. The molecule has 0 saturated heterocycles. The van der Waals surface area contributed by atoms with Crippen molar-refractivity contribution in [1.29, 1.82) is 0 Å². The molecule has 0 bridgehead atoms. The minimum atomic E-state index is 0.248. The van der Waals surface area contributed by atoms with E-state index in [0.717, 1.165) is 25.9 Å². The number of nitrogens with two attached hydrogens (primary N) is 1. The van der Waals surface area contributed by atoms with Gasteiger partial charge in [0.1, 0.15) is 0 Å². The Bertz CT molecular complexity index is 300. The Labute approximate surface area is 106 Å². The number of hydrogen-bond acceptors (Lipinski definition) is 2. The van der Waals surface area contributed by atoms with Crippen molar-refractivity contribution in [3.63, 3.8) is 0 Å². The van der Waals surface area contributed by atoms with Gasteiger partial charge in [-0.15, -0.1) is 0 Å². The fraction of sp³-hybridized carbons (Fsp3) is 0.600. The van der Waals surface area contributed by atoms with E-state index >= 15 is 0 Å². The van der Waals surface area contributed by atoms with Crippen molar-refractivity contribution in [3.05, 3.63) is 35.9 Å². The monoisotopic (exact) mass is 234 g/mol. The molecule has 0 heterocycles. The van der Waals surface area contributed by atoms with Crippen LogP contribution in [-0.2, 0) is 6.42 Å². The number of rotatable bonds is 6.